The lowest BCUT2D eigenvalue weighted by Gasteiger charge is -2.08. The molecule has 0 aliphatic carbocycles. The van der Waals surface area contributed by atoms with Crippen molar-refractivity contribution in [1.29, 1.82) is 5.41 Å². The van der Waals surface area contributed by atoms with Crippen LogP contribution < -0.4 is 10.5 Å². The van der Waals surface area contributed by atoms with E-state index >= 15 is 0 Å². The van der Waals surface area contributed by atoms with Crippen molar-refractivity contribution in [3.05, 3.63) is 63.6 Å². The van der Waals surface area contributed by atoms with Crippen LogP contribution >= 0.6 is 35.6 Å². The zero-order chi connectivity index (χ0) is 13.8. The highest BCUT2D eigenvalue weighted by Gasteiger charge is 2.02. The molecule has 0 aliphatic rings. The molecular formula is C14H13Cl3N2O. The van der Waals surface area contributed by atoms with Crippen molar-refractivity contribution in [2.24, 2.45) is 5.73 Å². The average Bonchev–Trinajstić information content (AvgIpc) is 2.40. The number of nitrogen functional groups attached to an aromatic ring is 1. The predicted molar refractivity (Wildman–Crippen MR) is 85.5 cm³/mol. The van der Waals surface area contributed by atoms with Gasteiger partial charge in [-0.3, -0.25) is 5.41 Å². The lowest BCUT2D eigenvalue weighted by molar-refractivity contribution is 0.306. The Hall–Kier alpha value is -1.42. The molecule has 6 heteroatoms. The van der Waals surface area contributed by atoms with Gasteiger partial charge >= 0.3 is 0 Å². The van der Waals surface area contributed by atoms with Crippen LogP contribution in [0.2, 0.25) is 10.0 Å². The van der Waals surface area contributed by atoms with E-state index in [4.69, 9.17) is 39.1 Å². The van der Waals surface area contributed by atoms with Gasteiger partial charge in [-0.15, -0.1) is 12.4 Å². The fourth-order valence-electron chi connectivity index (χ4n) is 1.55. The third-order valence-electron chi connectivity index (χ3n) is 2.53. The molecule has 0 spiro atoms. The lowest BCUT2D eigenvalue weighted by atomic mass is 10.2. The summed E-state index contributed by atoms with van der Waals surface area (Å²) in [5, 5.41) is 8.39. The first-order valence-corrected chi connectivity index (χ1v) is 6.33. The molecular weight excluding hydrogens is 319 g/mol. The van der Waals surface area contributed by atoms with Gasteiger partial charge in [0.2, 0.25) is 0 Å². The van der Waals surface area contributed by atoms with Gasteiger partial charge in [0.25, 0.3) is 0 Å². The molecule has 2 aromatic rings. The number of hydrogen-bond acceptors (Lipinski definition) is 2. The monoisotopic (exact) mass is 330 g/mol. The van der Waals surface area contributed by atoms with Crippen molar-refractivity contribution in [1.82, 2.24) is 0 Å². The second kappa shape index (κ2) is 7.39. The summed E-state index contributed by atoms with van der Waals surface area (Å²) in [4.78, 5) is 0. The van der Waals surface area contributed by atoms with Gasteiger partial charge in [-0.25, -0.2) is 0 Å². The minimum absolute atomic E-state index is 0. The van der Waals surface area contributed by atoms with Crippen LogP contribution in [0.15, 0.2) is 42.5 Å². The van der Waals surface area contributed by atoms with Crippen LogP contribution in [0.25, 0.3) is 0 Å². The van der Waals surface area contributed by atoms with Gasteiger partial charge in [0.05, 0.1) is 10.0 Å². The van der Waals surface area contributed by atoms with Crippen molar-refractivity contribution in [3.8, 4) is 5.75 Å². The maximum absolute atomic E-state index is 7.37. The highest BCUT2D eigenvalue weighted by atomic mass is 35.5. The van der Waals surface area contributed by atoms with Gasteiger partial charge in [-0.2, -0.15) is 0 Å². The SMILES string of the molecule is Cl.N=C(N)c1cccc(OCc2ccc(Cl)c(Cl)c2)c1. The number of rotatable bonds is 4. The van der Waals surface area contributed by atoms with Crippen LogP contribution in [0.1, 0.15) is 11.1 Å². The van der Waals surface area contributed by atoms with Crippen LogP contribution in [-0.4, -0.2) is 5.84 Å². The first-order chi connectivity index (χ1) is 9.06. The minimum atomic E-state index is 0. The Kier molecular flexibility index (Phi) is 6.14. The number of hydrogen-bond donors (Lipinski definition) is 2. The van der Waals surface area contributed by atoms with E-state index in [0.29, 0.717) is 28.0 Å². The van der Waals surface area contributed by atoms with Crippen molar-refractivity contribution in [2.45, 2.75) is 6.61 Å². The summed E-state index contributed by atoms with van der Waals surface area (Å²) in [5.74, 6) is 0.666. The number of ether oxygens (including phenoxy) is 1. The Morgan fingerprint density at radius 3 is 2.50 bits per heavy atom. The molecule has 20 heavy (non-hydrogen) atoms. The summed E-state index contributed by atoms with van der Waals surface area (Å²) in [5.41, 5.74) is 6.97. The fraction of sp³-hybridized carbons (Fsp3) is 0.0714. The third kappa shape index (κ3) is 4.30. The number of halogens is 3. The molecule has 3 nitrogen and oxygen atoms in total. The molecule has 0 fully saturated rings. The van der Waals surface area contributed by atoms with Crippen molar-refractivity contribution >= 4 is 41.4 Å². The van der Waals surface area contributed by atoms with Crippen molar-refractivity contribution in [2.75, 3.05) is 0 Å². The van der Waals surface area contributed by atoms with Crippen molar-refractivity contribution < 1.29 is 4.74 Å². The third-order valence-corrected chi connectivity index (χ3v) is 3.27. The van der Waals surface area contributed by atoms with Gasteiger partial charge < -0.3 is 10.5 Å². The number of nitrogens with one attached hydrogen (secondary N) is 1. The summed E-state index contributed by atoms with van der Waals surface area (Å²) in [7, 11) is 0. The topological polar surface area (TPSA) is 59.1 Å². The van der Waals surface area contributed by atoms with Crippen LogP contribution in [0, 0.1) is 5.41 Å². The Bertz CT molecular complexity index is 617. The summed E-state index contributed by atoms with van der Waals surface area (Å²) in [6.45, 7) is 0.373. The highest BCUT2D eigenvalue weighted by molar-refractivity contribution is 6.42. The molecule has 2 rings (SSSR count). The minimum Gasteiger partial charge on any atom is -0.489 e. The van der Waals surface area contributed by atoms with Gasteiger partial charge in [0.1, 0.15) is 18.2 Å². The molecule has 0 radical (unpaired) electrons. The highest BCUT2D eigenvalue weighted by Crippen LogP contribution is 2.23. The maximum Gasteiger partial charge on any atom is 0.122 e. The molecule has 0 atom stereocenters. The Morgan fingerprint density at radius 2 is 1.85 bits per heavy atom. The van der Waals surface area contributed by atoms with Gasteiger partial charge in [0, 0.05) is 5.56 Å². The Labute approximate surface area is 133 Å². The van der Waals surface area contributed by atoms with E-state index in [9.17, 15) is 0 Å². The molecule has 0 saturated heterocycles. The summed E-state index contributed by atoms with van der Waals surface area (Å²) in [6.07, 6.45) is 0. The first kappa shape index (κ1) is 16.6. The lowest BCUT2D eigenvalue weighted by Crippen LogP contribution is -2.10. The van der Waals surface area contributed by atoms with Crippen LogP contribution in [0.3, 0.4) is 0 Å². The zero-order valence-corrected chi connectivity index (χ0v) is 12.7. The molecule has 0 heterocycles. The van der Waals surface area contributed by atoms with E-state index in [1.54, 1.807) is 30.3 Å². The quantitative estimate of drug-likeness (QED) is 0.649. The Morgan fingerprint density at radius 1 is 1.10 bits per heavy atom. The molecule has 0 bridgehead atoms. The number of amidine groups is 1. The molecule has 0 aliphatic heterocycles. The fourth-order valence-corrected chi connectivity index (χ4v) is 1.87. The maximum atomic E-state index is 7.37. The van der Waals surface area contributed by atoms with E-state index in [2.05, 4.69) is 0 Å². The second-order valence-corrected chi connectivity index (χ2v) is 4.79. The smallest absolute Gasteiger partial charge is 0.122 e. The molecule has 106 valence electrons. The predicted octanol–water partition coefficient (Wildman–Crippen LogP) is 4.28. The number of benzene rings is 2. The summed E-state index contributed by atoms with van der Waals surface area (Å²) >= 11 is 11.8. The second-order valence-electron chi connectivity index (χ2n) is 3.98. The molecule has 0 aromatic heterocycles. The molecule has 2 aromatic carbocycles. The normalized spacial score (nSPS) is 9.70. The summed E-state index contributed by atoms with van der Waals surface area (Å²) < 4.78 is 5.62. The largest absolute Gasteiger partial charge is 0.489 e. The molecule has 3 N–H and O–H groups in total. The summed E-state index contributed by atoms with van der Waals surface area (Å²) in [6, 6.07) is 12.4. The van der Waals surface area contributed by atoms with Crippen LogP contribution in [0.4, 0.5) is 0 Å². The van der Waals surface area contributed by atoms with Gasteiger partial charge in [-0.1, -0.05) is 41.4 Å². The number of nitrogens with two attached hydrogens (primary N) is 1. The van der Waals surface area contributed by atoms with E-state index in [1.165, 1.54) is 0 Å². The van der Waals surface area contributed by atoms with E-state index in [1.807, 2.05) is 12.1 Å². The standard InChI is InChI=1S/C14H12Cl2N2O.ClH/c15-12-5-4-9(6-13(12)16)8-19-11-3-1-2-10(7-11)14(17)18;/h1-7H,8H2,(H3,17,18);1H. The average molecular weight is 332 g/mol. The van der Waals surface area contributed by atoms with Crippen LogP contribution in [-0.2, 0) is 6.61 Å². The Balaban J connectivity index is 0.00000200. The molecule has 0 unspecified atom stereocenters. The molecule has 0 saturated carbocycles. The van der Waals surface area contributed by atoms with E-state index in [-0.39, 0.29) is 18.2 Å². The van der Waals surface area contributed by atoms with Gasteiger partial charge in [-0.05, 0) is 29.8 Å². The van der Waals surface area contributed by atoms with E-state index in [0.717, 1.165) is 5.56 Å². The van der Waals surface area contributed by atoms with Gasteiger partial charge in [0.15, 0.2) is 0 Å². The van der Waals surface area contributed by atoms with E-state index < -0.39 is 0 Å². The van der Waals surface area contributed by atoms with Crippen LogP contribution in [0.5, 0.6) is 5.75 Å². The first-order valence-electron chi connectivity index (χ1n) is 5.57. The zero-order valence-electron chi connectivity index (χ0n) is 10.4. The van der Waals surface area contributed by atoms with Crippen molar-refractivity contribution in [3.63, 3.8) is 0 Å². The molecule has 0 amide bonds.